The molecule has 7 nitrogen and oxygen atoms in total. The fraction of sp³-hybridized carbons (Fsp3) is 0.579. The molecule has 8 heteroatoms. The van der Waals surface area contributed by atoms with Crippen LogP contribution in [-0.4, -0.2) is 45.7 Å². The van der Waals surface area contributed by atoms with Crippen molar-refractivity contribution in [2.45, 2.75) is 45.1 Å². The van der Waals surface area contributed by atoms with E-state index >= 15 is 0 Å². The Balaban J connectivity index is 1.54. The normalized spacial score (nSPS) is 22.2. The van der Waals surface area contributed by atoms with Gasteiger partial charge in [0.25, 0.3) is 5.91 Å². The van der Waals surface area contributed by atoms with E-state index in [2.05, 4.69) is 12.2 Å². The number of benzene rings is 1. The molecule has 0 radical (unpaired) electrons. The summed E-state index contributed by atoms with van der Waals surface area (Å²) in [6.07, 6.45) is 5.83. The highest BCUT2D eigenvalue weighted by Crippen LogP contribution is 2.30. The number of anilines is 1. The van der Waals surface area contributed by atoms with E-state index in [1.807, 2.05) is 0 Å². The van der Waals surface area contributed by atoms with Gasteiger partial charge in [-0.1, -0.05) is 6.92 Å². The van der Waals surface area contributed by atoms with Gasteiger partial charge in [0.2, 0.25) is 10.0 Å². The molecule has 0 saturated heterocycles. The molecular weight excluding hydrogens is 368 g/mol. The first-order valence-electron chi connectivity index (χ1n) is 9.31. The standard InChI is InChI=1S/C19H26N2O5S/c1-13-3-6-16(7-4-13)20-18(22)12-26-19(23)15-5-8-17-14(11-15)9-10-21(17)27(2,24)25/h5,8,11,13,16H,3-4,6-7,9-10,12H2,1-2H3,(H,20,22). The highest BCUT2D eigenvalue weighted by atomic mass is 32.2. The third-order valence-corrected chi connectivity index (χ3v) is 6.46. The lowest BCUT2D eigenvalue weighted by Gasteiger charge is -2.26. The van der Waals surface area contributed by atoms with Crippen molar-refractivity contribution < 1.29 is 22.7 Å². The molecule has 1 saturated carbocycles. The number of fused-ring (bicyclic) bond motifs is 1. The fourth-order valence-electron chi connectivity index (χ4n) is 3.73. The average molecular weight is 394 g/mol. The first kappa shape index (κ1) is 19.7. The minimum atomic E-state index is -3.32. The Hall–Kier alpha value is -2.09. The van der Waals surface area contributed by atoms with Crippen LogP contribution in [0.4, 0.5) is 5.69 Å². The smallest absolute Gasteiger partial charge is 0.338 e. The maximum Gasteiger partial charge on any atom is 0.338 e. The van der Waals surface area contributed by atoms with Gasteiger partial charge in [0, 0.05) is 12.6 Å². The monoisotopic (exact) mass is 394 g/mol. The molecule has 1 aromatic carbocycles. The Bertz CT molecular complexity index is 829. The van der Waals surface area contributed by atoms with E-state index in [1.165, 1.54) is 10.4 Å². The Morgan fingerprint density at radius 1 is 1.22 bits per heavy atom. The zero-order chi connectivity index (χ0) is 19.6. The molecule has 27 heavy (non-hydrogen) atoms. The van der Waals surface area contributed by atoms with Crippen LogP contribution < -0.4 is 9.62 Å². The Morgan fingerprint density at radius 3 is 2.59 bits per heavy atom. The molecule has 148 valence electrons. The summed E-state index contributed by atoms with van der Waals surface area (Å²) in [7, 11) is -3.32. The number of amides is 1. The number of nitrogens with one attached hydrogen (secondary N) is 1. The van der Waals surface area contributed by atoms with Gasteiger partial charge in [-0.2, -0.15) is 0 Å². The molecule has 1 fully saturated rings. The number of carbonyl (C=O) groups is 2. The molecule has 1 N–H and O–H groups in total. The molecule has 1 aliphatic carbocycles. The lowest BCUT2D eigenvalue weighted by molar-refractivity contribution is -0.125. The number of carbonyl (C=O) groups excluding carboxylic acids is 2. The van der Waals surface area contributed by atoms with Gasteiger partial charge >= 0.3 is 5.97 Å². The number of nitrogens with zero attached hydrogens (tertiary/aromatic N) is 1. The van der Waals surface area contributed by atoms with Gasteiger partial charge in [-0.25, -0.2) is 13.2 Å². The van der Waals surface area contributed by atoms with Crippen molar-refractivity contribution in [2.75, 3.05) is 23.7 Å². The van der Waals surface area contributed by atoms with Crippen LogP contribution >= 0.6 is 0 Å². The minimum absolute atomic E-state index is 0.161. The van der Waals surface area contributed by atoms with Crippen LogP contribution in [0.2, 0.25) is 0 Å². The van der Waals surface area contributed by atoms with Gasteiger partial charge in [0.05, 0.1) is 17.5 Å². The molecule has 0 aromatic heterocycles. The molecule has 0 unspecified atom stereocenters. The predicted octanol–water partition coefficient (Wildman–Crippen LogP) is 1.86. The molecular formula is C19H26N2O5S. The van der Waals surface area contributed by atoms with Crippen molar-refractivity contribution in [1.29, 1.82) is 0 Å². The molecule has 0 bridgehead atoms. The van der Waals surface area contributed by atoms with Crippen LogP contribution in [0.1, 0.15) is 48.5 Å². The maximum atomic E-state index is 12.2. The average Bonchev–Trinajstić information content (AvgIpc) is 3.05. The number of hydrogen-bond donors (Lipinski definition) is 1. The van der Waals surface area contributed by atoms with Gasteiger partial charge in [0.15, 0.2) is 6.61 Å². The summed E-state index contributed by atoms with van der Waals surface area (Å²) in [5, 5.41) is 2.92. The van der Waals surface area contributed by atoms with E-state index in [0.29, 0.717) is 30.1 Å². The van der Waals surface area contributed by atoms with Gasteiger partial charge in [-0.3, -0.25) is 9.10 Å². The number of ether oxygens (including phenoxy) is 1. The molecule has 1 aliphatic heterocycles. The topological polar surface area (TPSA) is 92.8 Å². The predicted molar refractivity (Wildman–Crippen MR) is 102 cm³/mol. The third-order valence-electron chi connectivity index (χ3n) is 5.28. The summed E-state index contributed by atoms with van der Waals surface area (Å²) in [6, 6.07) is 4.95. The largest absolute Gasteiger partial charge is 0.452 e. The lowest BCUT2D eigenvalue weighted by Crippen LogP contribution is -2.39. The van der Waals surface area contributed by atoms with Crippen molar-refractivity contribution >= 4 is 27.6 Å². The molecule has 1 amide bonds. The molecule has 2 aliphatic rings. The number of hydrogen-bond acceptors (Lipinski definition) is 5. The van der Waals surface area contributed by atoms with Crippen molar-refractivity contribution in [3.63, 3.8) is 0 Å². The Kier molecular flexibility index (Phi) is 5.74. The highest BCUT2D eigenvalue weighted by Gasteiger charge is 2.27. The van der Waals surface area contributed by atoms with E-state index in [1.54, 1.807) is 12.1 Å². The minimum Gasteiger partial charge on any atom is -0.452 e. The Morgan fingerprint density at radius 2 is 1.93 bits per heavy atom. The molecule has 1 heterocycles. The van der Waals surface area contributed by atoms with E-state index < -0.39 is 16.0 Å². The summed E-state index contributed by atoms with van der Waals surface area (Å²) in [4.78, 5) is 24.2. The van der Waals surface area contributed by atoms with Crippen LogP contribution in [0.15, 0.2) is 18.2 Å². The van der Waals surface area contributed by atoms with Crippen molar-refractivity contribution in [2.24, 2.45) is 5.92 Å². The summed E-state index contributed by atoms with van der Waals surface area (Å²) in [5.41, 5.74) is 1.71. The number of esters is 1. The van der Waals surface area contributed by atoms with E-state index in [9.17, 15) is 18.0 Å². The number of rotatable bonds is 5. The van der Waals surface area contributed by atoms with E-state index in [-0.39, 0.29) is 18.6 Å². The van der Waals surface area contributed by atoms with Crippen LogP contribution in [0.25, 0.3) is 0 Å². The Labute approximate surface area is 160 Å². The van der Waals surface area contributed by atoms with Crippen molar-refractivity contribution in [3.05, 3.63) is 29.3 Å². The second kappa shape index (κ2) is 7.88. The second-order valence-electron chi connectivity index (χ2n) is 7.53. The zero-order valence-electron chi connectivity index (χ0n) is 15.7. The third kappa shape index (κ3) is 4.80. The first-order valence-corrected chi connectivity index (χ1v) is 11.2. The highest BCUT2D eigenvalue weighted by molar-refractivity contribution is 7.92. The summed E-state index contributed by atoms with van der Waals surface area (Å²) in [5.74, 6) is -0.162. The van der Waals surface area contributed by atoms with Crippen molar-refractivity contribution in [3.8, 4) is 0 Å². The molecule has 1 aromatic rings. The van der Waals surface area contributed by atoms with Crippen LogP contribution in [0.5, 0.6) is 0 Å². The quantitative estimate of drug-likeness (QED) is 0.770. The van der Waals surface area contributed by atoms with Crippen LogP contribution in [-0.2, 0) is 26.0 Å². The van der Waals surface area contributed by atoms with Gasteiger partial charge in [-0.15, -0.1) is 0 Å². The van der Waals surface area contributed by atoms with E-state index in [0.717, 1.165) is 37.5 Å². The molecule has 0 spiro atoms. The molecule has 0 atom stereocenters. The van der Waals surface area contributed by atoms with Gasteiger partial charge < -0.3 is 10.1 Å². The second-order valence-corrected chi connectivity index (χ2v) is 9.44. The van der Waals surface area contributed by atoms with Crippen LogP contribution in [0, 0.1) is 5.92 Å². The first-order chi connectivity index (χ1) is 12.7. The lowest BCUT2D eigenvalue weighted by atomic mass is 9.87. The summed E-state index contributed by atoms with van der Waals surface area (Å²) < 4.78 is 30.0. The van der Waals surface area contributed by atoms with Gasteiger partial charge in [0.1, 0.15) is 0 Å². The zero-order valence-corrected chi connectivity index (χ0v) is 16.5. The van der Waals surface area contributed by atoms with Crippen molar-refractivity contribution in [1.82, 2.24) is 5.32 Å². The number of sulfonamides is 1. The summed E-state index contributed by atoms with van der Waals surface area (Å²) >= 11 is 0. The SMILES string of the molecule is CC1CCC(NC(=O)COC(=O)c2ccc3c(c2)CCN3S(C)(=O)=O)CC1. The maximum absolute atomic E-state index is 12.2. The summed E-state index contributed by atoms with van der Waals surface area (Å²) in [6.45, 7) is 2.28. The fourth-order valence-corrected chi connectivity index (χ4v) is 4.69. The van der Waals surface area contributed by atoms with Gasteiger partial charge in [-0.05, 0) is 61.8 Å². The molecule has 3 rings (SSSR count). The van der Waals surface area contributed by atoms with Crippen LogP contribution in [0.3, 0.4) is 0 Å². The van der Waals surface area contributed by atoms with E-state index in [4.69, 9.17) is 4.74 Å².